The molecule has 0 radical (unpaired) electrons. The van der Waals surface area contributed by atoms with Gasteiger partial charge in [-0.3, -0.25) is 4.68 Å². The lowest BCUT2D eigenvalue weighted by molar-refractivity contribution is 0.151. The molecule has 3 rings (SSSR count). The highest BCUT2D eigenvalue weighted by molar-refractivity contribution is 7.89. The van der Waals surface area contributed by atoms with Gasteiger partial charge in [0, 0.05) is 33.2 Å². The van der Waals surface area contributed by atoms with Crippen LogP contribution in [0, 0.1) is 18.8 Å². The number of sulfonamides is 1. The van der Waals surface area contributed by atoms with Gasteiger partial charge in [-0.15, -0.1) is 0 Å². The van der Waals surface area contributed by atoms with E-state index in [2.05, 4.69) is 5.10 Å². The Balaban J connectivity index is 1.79. The summed E-state index contributed by atoms with van der Waals surface area (Å²) in [4.78, 5) is 12.3. The van der Waals surface area contributed by atoms with Gasteiger partial charge in [-0.2, -0.15) is 9.40 Å². The molecule has 0 bridgehead atoms. The van der Waals surface area contributed by atoms with E-state index in [-0.39, 0.29) is 16.9 Å². The van der Waals surface area contributed by atoms with Crippen molar-refractivity contribution in [3.05, 3.63) is 11.8 Å². The van der Waals surface area contributed by atoms with Crippen LogP contribution in [0.25, 0.3) is 0 Å². The van der Waals surface area contributed by atoms with Gasteiger partial charge < -0.3 is 10.0 Å². The average molecular weight is 314 g/mol. The quantitative estimate of drug-likeness (QED) is 0.826. The third-order valence-corrected chi connectivity index (χ3v) is 6.18. The first kappa shape index (κ1) is 14.3. The molecule has 0 saturated carbocycles. The Kier molecular flexibility index (Phi) is 3.21. The molecule has 2 aliphatic heterocycles. The average Bonchev–Trinajstić information content (AvgIpc) is 3.00. The number of amides is 1. The van der Waals surface area contributed by atoms with Crippen LogP contribution in [0.2, 0.25) is 0 Å². The monoisotopic (exact) mass is 314 g/mol. The highest BCUT2D eigenvalue weighted by Crippen LogP contribution is 2.34. The summed E-state index contributed by atoms with van der Waals surface area (Å²) in [5.74, 6) is 0.176. The van der Waals surface area contributed by atoms with Gasteiger partial charge in [0.25, 0.3) is 10.0 Å². The molecule has 3 heterocycles. The van der Waals surface area contributed by atoms with Crippen molar-refractivity contribution in [1.29, 1.82) is 0 Å². The summed E-state index contributed by atoms with van der Waals surface area (Å²) in [6, 6.07) is 1.56. The van der Waals surface area contributed by atoms with E-state index in [1.807, 2.05) is 0 Å². The molecule has 116 valence electrons. The maximum absolute atomic E-state index is 12.7. The lowest BCUT2D eigenvalue weighted by Crippen LogP contribution is -2.35. The van der Waals surface area contributed by atoms with Gasteiger partial charge in [0.2, 0.25) is 0 Å². The minimum absolute atomic E-state index is 0.0881. The summed E-state index contributed by atoms with van der Waals surface area (Å²) in [5, 5.41) is 13.3. The third-order valence-electron chi connectivity index (χ3n) is 4.29. The van der Waals surface area contributed by atoms with Crippen molar-refractivity contribution in [2.75, 3.05) is 26.2 Å². The second kappa shape index (κ2) is 4.70. The fourth-order valence-corrected chi connectivity index (χ4v) is 5.00. The molecule has 2 unspecified atom stereocenters. The van der Waals surface area contributed by atoms with E-state index in [9.17, 15) is 13.2 Å². The van der Waals surface area contributed by atoms with Gasteiger partial charge in [-0.1, -0.05) is 0 Å². The van der Waals surface area contributed by atoms with Crippen LogP contribution >= 0.6 is 0 Å². The van der Waals surface area contributed by atoms with Crippen LogP contribution in [-0.4, -0.2) is 64.8 Å². The lowest BCUT2D eigenvalue weighted by atomic mass is 10.0. The van der Waals surface area contributed by atoms with E-state index >= 15 is 0 Å². The molecule has 2 saturated heterocycles. The molecule has 2 atom stereocenters. The lowest BCUT2D eigenvalue weighted by Gasteiger charge is -2.19. The number of nitrogens with zero attached hydrogens (tertiary/aromatic N) is 4. The van der Waals surface area contributed by atoms with Crippen LogP contribution in [0.5, 0.6) is 0 Å². The highest BCUT2D eigenvalue weighted by Gasteiger charge is 2.46. The van der Waals surface area contributed by atoms with Crippen molar-refractivity contribution in [2.45, 2.75) is 11.9 Å². The highest BCUT2D eigenvalue weighted by atomic mass is 32.2. The number of aryl methyl sites for hydroxylation is 2. The van der Waals surface area contributed by atoms with Crippen LogP contribution in [0.15, 0.2) is 11.1 Å². The molecule has 2 fully saturated rings. The Morgan fingerprint density at radius 3 is 2.29 bits per heavy atom. The van der Waals surface area contributed by atoms with Crippen molar-refractivity contribution in [3.8, 4) is 0 Å². The normalized spacial score (nSPS) is 26.3. The summed E-state index contributed by atoms with van der Waals surface area (Å²) < 4.78 is 28.1. The van der Waals surface area contributed by atoms with Crippen LogP contribution in [-0.2, 0) is 17.1 Å². The van der Waals surface area contributed by atoms with Gasteiger partial charge >= 0.3 is 6.09 Å². The first-order valence-electron chi connectivity index (χ1n) is 6.77. The van der Waals surface area contributed by atoms with E-state index in [1.54, 1.807) is 20.0 Å². The molecular weight excluding hydrogens is 296 g/mol. The molecule has 1 aromatic heterocycles. The smallest absolute Gasteiger partial charge is 0.407 e. The van der Waals surface area contributed by atoms with E-state index in [4.69, 9.17) is 5.11 Å². The SMILES string of the molecule is Cc1cc(S(=O)(=O)N2CC3CN(C(=O)O)CC3C2)n(C)n1. The molecule has 1 aromatic rings. The molecule has 21 heavy (non-hydrogen) atoms. The zero-order valence-electron chi connectivity index (χ0n) is 11.9. The van der Waals surface area contributed by atoms with Gasteiger partial charge in [0.15, 0.2) is 5.03 Å². The Bertz CT molecular complexity index is 669. The topological polar surface area (TPSA) is 95.7 Å². The van der Waals surface area contributed by atoms with E-state index in [0.29, 0.717) is 31.9 Å². The second-order valence-corrected chi connectivity index (χ2v) is 7.66. The molecule has 1 amide bonds. The molecule has 9 heteroatoms. The molecule has 0 aromatic carbocycles. The van der Waals surface area contributed by atoms with E-state index < -0.39 is 16.1 Å². The Hall–Kier alpha value is -1.61. The molecule has 0 spiro atoms. The van der Waals surface area contributed by atoms with Crippen LogP contribution in [0.4, 0.5) is 4.79 Å². The van der Waals surface area contributed by atoms with Crippen LogP contribution in [0.3, 0.4) is 0 Å². The first-order chi connectivity index (χ1) is 9.79. The van der Waals surface area contributed by atoms with Crippen molar-refractivity contribution >= 4 is 16.1 Å². The van der Waals surface area contributed by atoms with E-state index in [1.165, 1.54) is 13.9 Å². The standard InChI is InChI=1S/C12H18N4O4S/c1-8-3-11(14(2)13-8)21(19,20)16-6-9-4-15(12(17)18)5-10(9)7-16/h3,9-10H,4-7H2,1-2H3,(H,17,18). The maximum Gasteiger partial charge on any atom is 0.407 e. The molecule has 0 aliphatic carbocycles. The van der Waals surface area contributed by atoms with Gasteiger partial charge in [0.05, 0.1) is 5.69 Å². The number of carboxylic acid groups (broad SMARTS) is 1. The summed E-state index contributed by atoms with van der Waals surface area (Å²) in [5.41, 5.74) is 0.660. The predicted molar refractivity (Wildman–Crippen MR) is 73.3 cm³/mol. The maximum atomic E-state index is 12.7. The van der Waals surface area contributed by atoms with Crippen LogP contribution in [0.1, 0.15) is 5.69 Å². The molecule has 2 aliphatic rings. The zero-order chi connectivity index (χ0) is 15.4. The number of fused-ring (bicyclic) bond motifs is 1. The first-order valence-corrected chi connectivity index (χ1v) is 8.21. The number of aromatic nitrogens is 2. The predicted octanol–water partition coefficient (Wildman–Crippen LogP) is -0.0412. The Labute approximate surface area is 123 Å². The second-order valence-electron chi connectivity index (χ2n) is 5.78. The van der Waals surface area contributed by atoms with Crippen molar-refractivity contribution < 1.29 is 18.3 Å². The largest absolute Gasteiger partial charge is 0.465 e. The minimum atomic E-state index is -3.56. The number of rotatable bonds is 2. The number of likely N-dealkylation sites (tertiary alicyclic amines) is 1. The summed E-state index contributed by atoms with van der Waals surface area (Å²) in [7, 11) is -1.95. The summed E-state index contributed by atoms with van der Waals surface area (Å²) >= 11 is 0. The molecule has 8 nitrogen and oxygen atoms in total. The third kappa shape index (κ3) is 2.30. The van der Waals surface area contributed by atoms with E-state index in [0.717, 1.165) is 0 Å². The fourth-order valence-electron chi connectivity index (χ4n) is 3.26. The van der Waals surface area contributed by atoms with Gasteiger partial charge in [0.1, 0.15) is 0 Å². The number of hydrogen-bond acceptors (Lipinski definition) is 4. The van der Waals surface area contributed by atoms with Gasteiger partial charge in [-0.05, 0) is 24.8 Å². The minimum Gasteiger partial charge on any atom is -0.465 e. The fraction of sp³-hybridized carbons (Fsp3) is 0.667. The Morgan fingerprint density at radius 1 is 1.29 bits per heavy atom. The van der Waals surface area contributed by atoms with Crippen molar-refractivity contribution in [1.82, 2.24) is 19.0 Å². The van der Waals surface area contributed by atoms with Crippen molar-refractivity contribution in [2.24, 2.45) is 18.9 Å². The summed E-state index contributed by atoms with van der Waals surface area (Å²) in [6.07, 6.45) is -0.930. The number of hydrogen-bond donors (Lipinski definition) is 1. The summed E-state index contributed by atoms with van der Waals surface area (Å²) in [6.45, 7) is 3.33. The molecular formula is C12H18N4O4S. The Morgan fingerprint density at radius 2 is 1.86 bits per heavy atom. The molecule has 1 N–H and O–H groups in total. The zero-order valence-corrected chi connectivity index (χ0v) is 12.7. The van der Waals surface area contributed by atoms with Crippen molar-refractivity contribution in [3.63, 3.8) is 0 Å². The van der Waals surface area contributed by atoms with Crippen LogP contribution < -0.4 is 0 Å². The van der Waals surface area contributed by atoms with Gasteiger partial charge in [-0.25, -0.2) is 13.2 Å². The number of carbonyl (C=O) groups is 1.